The third-order valence-electron chi connectivity index (χ3n) is 4.69. The molecule has 2 aromatic carbocycles. The Morgan fingerprint density at radius 2 is 1.94 bits per heavy atom. The van der Waals surface area contributed by atoms with E-state index in [1.165, 1.54) is 22.3 Å². The van der Waals surface area contributed by atoms with Gasteiger partial charge in [-0.1, -0.05) is 59.0 Å². The number of para-hydroxylation sites is 1. The fraction of sp³-hybridized carbons (Fsp3) is 0.0435. The number of anilines is 1. The van der Waals surface area contributed by atoms with E-state index < -0.39 is 11.7 Å². The summed E-state index contributed by atoms with van der Waals surface area (Å²) in [7, 11) is 0. The van der Waals surface area contributed by atoms with Crippen molar-refractivity contribution < 1.29 is 13.7 Å². The van der Waals surface area contributed by atoms with Crippen LogP contribution >= 0.6 is 11.3 Å². The number of thiazole rings is 1. The summed E-state index contributed by atoms with van der Waals surface area (Å²) in [5.74, 6) is -0.337. The van der Waals surface area contributed by atoms with E-state index in [-0.39, 0.29) is 17.8 Å². The summed E-state index contributed by atoms with van der Waals surface area (Å²) in [6.45, 7) is 0.210. The first kappa shape index (κ1) is 19.1. The first-order chi connectivity index (χ1) is 15.2. The minimum atomic E-state index is -0.429. The third-order valence-corrected chi connectivity index (χ3v) is 5.73. The van der Waals surface area contributed by atoms with Crippen LogP contribution in [0.25, 0.3) is 21.5 Å². The van der Waals surface area contributed by atoms with Crippen LogP contribution in [0.15, 0.2) is 83.6 Å². The maximum absolute atomic E-state index is 14.2. The normalized spacial score (nSPS) is 11.0. The molecule has 0 N–H and O–H groups in total. The monoisotopic (exact) mass is 430 g/mol. The van der Waals surface area contributed by atoms with Gasteiger partial charge < -0.3 is 4.52 Å². The van der Waals surface area contributed by atoms with Gasteiger partial charge in [-0.3, -0.25) is 14.7 Å². The number of halogens is 1. The standard InChI is InChI=1S/C23H15FN4O2S/c24-17-9-4-10-20-21(17)26-23(31-20)28(14-15-6-5-11-25-13-15)22(29)18-12-19(30-27-18)16-7-2-1-3-8-16/h1-13H,14H2. The molecule has 0 aliphatic heterocycles. The average molecular weight is 430 g/mol. The topological polar surface area (TPSA) is 72.1 Å². The summed E-state index contributed by atoms with van der Waals surface area (Å²) in [6, 6.07) is 19.4. The number of rotatable bonds is 5. The molecule has 6 nitrogen and oxygen atoms in total. The first-order valence-electron chi connectivity index (χ1n) is 9.47. The lowest BCUT2D eigenvalue weighted by Crippen LogP contribution is -2.30. The molecule has 0 saturated carbocycles. The van der Waals surface area contributed by atoms with Crippen LogP contribution in [0.5, 0.6) is 0 Å². The summed E-state index contributed by atoms with van der Waals surface area (Å²) in [5, 5.41) is 4.35. The van der Waals surface area contributed by atoms with Crippen LogP contribution in [0.4, 0.5) is 9.52 Å². The van der Waals surface area contributed by atoms with Crippen molar-refractivity contribution in [2.45, 2.75) is 6.54 Å². The smallest absolute Gasteiger partial charge is 0.282 e. The molecule has 3 heterocycles. The molecule has 31 heavy (non-hydrogen) atoms. The van der Waals surface area contributed by atoms with Crippen LogP contribution in [-0.2, 0) is 6.54 Å². The van der Waals surface area contributed by atoms with Gasteiger partial charge in [0.1, 0.15) is 11.3 Å². The second-order valence-electron chi connectivity index (χ2n) is 6.78. The van der Waals surface area contributed by atoms with E-state index in [1.807, 2.05) is 36.4 Å². The van der Waals surface area contributed by atoms with Gasteiger partial charge in [0.05, 0.1) is 11.2 Å². The van der Waals surface area contributed by atoms with Crippen molar-refractivity contribution in [2.24, 2.45) is 0 Å². The van der Waals surface area contributed by atoms with Crippen LogP contribution in [-0.4, -0.2) is 21.0 Å². The van der Waals surface area contributed by atoms with E-state index in [2.05, 4.69) is 15.1 Å². The molecule has 5 aromatic rings. The van der Waals surface area contributed by atoms with Gasteiger partial charge in [0.2, 0.25) is 0 Å². The van der Waals surface area contributed by atoms with Crippen molar-refractivity contribution in [3.8, 4) is 11.3 Å². The Labute approximate surface area is 180 Å². The van der Waals surface area contributed by atoms with Gasteiger partial charge in [0, 0.05) is 24.0 Å². The highest BCUT2D eigenvalue weighted by atomic mass is 32.1. The number of benzene rings is 2. The highest BCUT2D eigenvalue weighted by molar-refractivity contribution is 7.22. The van der Waals surface area contributed by atoms with E-state index in [1.54, 1.807) is 36.7 Å². The lowest BCUT2D eigenvalue weighted by molar-refractivity contribution is 0.0976. The van der Waals surface area contributed by atoms with Gasteiger partial charge in [0.25, 0.3) is 5.91 Å². The molecule has 0 aliphatic rings. The van der Waals surface area contributed by atoms with Gasteiger partial charge in [-0.05, 0) is 23.8 Å². The predicted octanol–water partition coefficient (Wildman–Crippen LogP) is 5.33. The highest BCUT2D eigenvalue weighted by Crippen LogP contribution is 2.32. The van der Waals surface area contributed by atoms with Crippen molar-refractivity contribution >= 4 is 32.6 Å². The number of hydrogen-bond donors (Lipinski definition) is 0. The second-order valence-corrected chi connectivity index (χ2v) is 7.79. The Morgan fingerprint density at radius 3 is 2.71 bits per heavy atom. The number of pyridine rings is 1. The van der Waals surface area contributed by atoms with E-state index >= 15 is 0 Å². The largest absolute Gasteiger partial charge is 0.355 e. The number of nitrogens with zero attached hydrogens (tertiary/aromatic N) is 4. The van der Waals surface area contributed by atoms with Crippen molar-refractivity contribution in [3.63, 3.8) is 0 Å². The molecule has 0 aliphatic carbocycles. The maximum Gasteiger partial charge on any atom is 0.282 e. The Kier molecular flexibility index (Phi) is 4.97. The van der Waals surface area contributed by atoms with E-state index in [4.69, 9.17) is 4.52 Å². The van der Waals surface area contributed by atoms with Crippen molar-refractivity contribution in [1.29, 1.82) is 0 Å². The number of carbonyl (C=O) groups excluding carboxylic acids is 1. The van der Waals surface area contributed by atoms with E-state index in [0.29, 0.717) is 15.6 Å². The van der Waals surface area contributed by atoms with Crippen molar-refractivity contribution in [3.05, 3.63) is 96.2 Å². The van der Waals surface area contributed by atoms with Gasteiger partial charge in [-0.15, -0.1) is 0 Å². The number of fused-ring (bicyclic) bond motifs is 1. The van der Waals surface area contributed by atoms with Crippen LogP contribution in [0.2, 0.25) is 0 Å². The molecule has 8 heteroatoms. The Balaban J connectivity index is 1.54. The zero-order valence-electron chi connectivity index (χ0n) is 16.1. The third kappa shape index (κ3) is 3.80. The quantitative estimate of drug-likeness (QED) is 0.377. The van der Waals surface area contributed by atoms with Gasteiger partial charge in [0.15, 0.2) is 16.6 Å². The predicted molar refractivity (Wildman–Crippen MR) is 116 cm³/mol. The molecule has 1 amide bonds. The molecule has 152 valence electrons. The maximum atomic E-state index is 14.2. The first-order valence-corrected chi connectivity index (χ1v) is 10.3. The second kappa shape index (κ2) is 8.08. The SMILES string of the molecule is O=C(c1cc(-c2ccccc2)on1)N(Cc1cccnc1)c1nc2c(F)cccc2s1. The Bertz CT molecular complexity index is 1350. The molecular formula is C23H15FN4O2S. The van der Waals surface area contributed by atoms with Gasteiger partial charge in [-0.2, -0.15) is 0 Å². The Hall–Kier alpha value is -3.91. The molecule has 0 atom stereocenters. The van der Waals surface area contributed by atoms with Crippen LogP contribution < -0.4 is 4.90 Å². The van der Waals surface area contributed by atoms with Crippen LogP contribution in [0, 0.1) is 5.82 Å². The highest BCUT2D eigenvalue weighted by Gasteiger charge is 2.25. The number of amides is 1. The van der Waals surface area contributed by atoms with Crippen LogP contribution in [0.3, 0.4) is 0 Å². The molecule has 0 fully saturated rings. The van der Waals surface area contributed by atoms with Gasteiger partial charge in [-0.25, -0.2) is 9.37 Å². The van der Waals surface area contributed by atoms with Crippen molar-refractivity contribution in [2.75, 3.05) is 4.90 Å². The van der Waals surface area contributed by atoms with Crippen LogP contribution in [0.1, 0.15) is 16.1 Å². The minimum absolute atomic E-state index is 0.141. The lowest BCUT2D eigenvalue weighted by Gasteiger charge is -2.18. The summed E-state index contributed by atoms with van der Waals surface area (Å²) >= 11 is 1.24. The molecular weight excluding hydrogens is 415 g/mol. The van der Waals surface area contributed by atoms with E-state index in [9.17, 15) is 9.18 Å². The Morgan fingerprint density at radius 1 is 1.06 bits per heavy atom. The molecule has 0 spiro atoms. The summed E-state index contributed by atoms with van der Waals surface area (Å²) in [5.41, 5.74) is 2.00. The molecule has 0 unspecified atom stereocenters. The average Bonchev–Trinajstić information content (AvgIpc) is 3.47. The fourth-order valence-electron chi connectivity index (χ4n) is 3.17. The fourth-order valence-corrected chi connectivity index (χ4v) is 4.15. The number of hydrogen-bond acceptors (Lipinski definition) is 6. The van der Waals surface area contributed by atoms with Gasteiger partial charge >= 0.3 is 0 Å². The summed E-state index contributed by atoms with van der Waals surface area (Å²) in [4.78, 5) is 23.4. The van der Waals surface area contributed by atoms with Crippen molar-refractivity contribution in [1.82, 2.24) is 15.1 Å². The zero-order chi connectivity index (χ0) is 21.2. The molecule has 0 bridgehead atoms. The minimum Gasteiger partial charge on any atom is -0.355 e. The number of carbonyl (C=O) groups is 1. The summed E-state index contributed by atoms with van der Waals surface area (Å²) < 4.78 is 20.3. The molecule has 0 radical (unpaired) electrons. The molecule has 5 rings (SSSR count). The lowest BCUT2D eigenvalue weighted by atomic mass is 10.1. The number of aromatic nitrogens is 3. The molecule has 0 saturated heterocycles. The zero-order valence-corrected chi connectivity index (χ0v) is 16.9. The molecule has 3 aromatic heterocycles. The van der Waals surface area contributed by atoms with E-state index in [0.717, 1.165) is 11.1 Å². The summed E-state index contributed by atoms with van der Waals surface area (Å²) in [6.07, 6.45) is 3.33.